The maximum atomic E-state index is 5.90. The van der Waals surface area contributed by atoms with Gasteiger partial charge in [0, 0.05) is 16.9 Å². The number of ether oxygens (including phenoxy) is 1. The summed E-state index contributed by atoms with van der Waals surface area (Å²) in [6, 6.07) is 8.09. The lowest BCUT2D eigenvalue weighted by atomic mass is 9.87. The van der Waals surface area contributed by atoms with Gasteiger partial charge in [0.25, 0.3) is 0 Å². The predicted molar refractivity (Wildman–Crippen MR) is 50.0 cm³/mol. The van der Waals surface area contributed by atoms with E-state index in [9.17, 15) is 0 Å². The zero-order valence-electron chi connectivity index (χ0n) is 7.01. The van der Waals surface area contributed by atoms with Crippen LogP contribution in [-0.2, 0) is 5.41 Å². The highest BCUT2D eigenvalue weighted by molar-refractivity contribution is 6.18. The molecule has 1 aliphatic heterocycles. The molecule has 0 N–H and O–H groups in total. The summed E-state index contributed by atoms with van der Waals surface area (Å²) in [6.45, 7) is 2.84. The van der Waals surface area contributed by atoms with Crippen molar-refractivity contribution in [1.29, 1.82) is 0 Å². The van der Waals surface area contributed by atoms with Crippen molar-refractivity contribution in [3.05, 3.63) is 29.8 Å². The molecule has 0 amide bonds. The van der Waals surface area contributed by atoms with E-state index in [1.807, 2.05) is 18.2 Å². The summed E-state index contributed by atoms with van der Waals surface area (Å²) in [6.07, 6.45) is 0. The number of rotatable bonds is 1. The van der Waals surface area contributed by atoms with Gasteiger partial charge >= 0.3 is 0 Å². The molecule has 1 aliphatic rings. The summed E-state index contributed by atoms with van der Waals surface area (Å²) in [5.41, 5.74) is 1.25. The van der Waals surface area contributed by atoms with Crippen molar-refractivity contribution >= 4 is 11.6 Å². The van der Waals surface area contributed by atoms with Crippen LogP contribution < -0.4 is 4.74 Å². The standard InChI is InChI=1S/C10H11ClO/c1-10(6-11)7-12-9-5-3-2-4-8(9)10/h2-5H,6-7H2,1H3. The lowest BCUT2D eigenvalue weighted by Crippen LogP contribution is -2.25. The molecule has 0 aromatic heterocycles. The normalized spacial score (nSPS) is 26.5. The third-order valence-electron chi connectivity index (χ3n) is 2.38. The second-order valence-electron chi connectivity index (χ2n) is 3.48. The van der Waals surface area contributed by atoms with Gasteiger partial charge < -0.3 is 4.74 Å². The molecular formula is C10H11ClO. The zero-order valence-corrected chi connectivity index (χ0v) is 7.77. The molecule has 1 nitrogen and oxygen atoms in total. The van der Waals surface area contributed by atoms with Crippen molar-refractivity contribution in [2.45, 2.75) is 12.3 Å². The molecule has 1 atom stereocenters. The number of halogens is 1. The molecule has 1 heterocycles. The lowest BCUT2D eigenvalue weighted by molar-refractivity contribution is 0.293. The van der Waals surface area contributed by atoms with Gasteiger partial charge in [0.1, 0.15) is 5.75 Å². The Morgan fingerprint density at radius 1 is 1.50 bits per heavy atom. The molecule has 0 radical (unpaired) electrons. The van der Waals surface area contributed by atoms with Crippen molar-refractivity contribution in [2.24, 2.45) is 0 Å². The second-order valence-corrected chi connectivity index (χ2v) is 3.75. The van der Waals surface area contributed by atoms with E-state index in [0.717, 1.165) is 5.75 Å². The SMILES string of the molecule is CC1(CCl)COc2ccccc21. The molecule has 0 bridgehead atoms. The van der Waals surface area contributed by atoms with E-state index in [0.29, 0.717) is 12.5 Å². The Labute approximate surface area is 77.3 Å². The molecular weight excluding hydrogens is 172 g/mol. The van der Waals surface area contributed by atoms with E-state index >= 15 is 0 Å². The van der Waals surface area contributed by atoms with E-state index in [1.54, 1.807) is 0 Å². The van der Waals surface area contributed by atoms with Crippen LogP contribution in [-0.4, -0.2) is 12.5 Å². The molecule has 1 aromatic carbocycles. The second kappa shape index (κ2) is 2.67. The molecule has 64 valence electrons. The maximum Gasteiger partial charge on any atom is 0.123 e. The van der Waals surface area contributed by atoms with Crippen LogP contribution in [0.1, 0.15) is 12.5 Å². The Kier molecular flexibility index (Phi) is 1.76. The fourth-order valence-electron chi connectivity index (χ4n) is 1.52. The molecule has 1 aromatic rings. The molecule has 1 unspecified atom stereocenters. The highest BCUT2D eigenvalue weighted by atomic mass is 35.5. The van der Waals surface area contributed by atoms with E-state index in [1.165, 1.54) is 5.56 Å². The minimum Gasteiger partial charge on any atom is -0.492 e. The number of para-hydroxylation sites is 1. The van der Waals surface area contributed by atoms with Gasteiger partial charge in [-0.15, -0.1) is 11.6 Å². The number of hydrogen-bond acceptors (Lipinski definition) is 1. The van der Waals surface area contributed by atoms with Crippen LogP contribution in [0.25, 0.3) is 0 Å². The summed E-state index contributed by atoms with van der Waals surface area (Å²) in [5.74, 6) is 1.60. The van der Waals surface area contributed by atoms with Gasteiger partial charge in [-0.05, 0) is 6.07 Å². The van der Waals surface area contributed by atoms with Crippen LogP contribution in [0, 0.1) is 0 Å². The van der Waals surface area contributed by atoms with Crippen LogP contribution >= 0.6 is 11.6 Å². The first-order valence-electron chi connectivity index (χ1n) is 4.04. The number of alkyl halides is 1. The quantitative estimate of drug-likeness (QED) is 0.607. The van der Waals surface area contributed by atoms with Gasteiger partial charge in [0.15, 0.2) is 0 Å². The maximum absolute atomic E-state index is 5.90. The van der Waals surface area contributed by atoms with Gasteiger partial charge in [-0.25, -0.2) is 0 Å². The molecule has 0 aliphatic carbocycles. The van der Waals surface area contributed by atoms with Crippen LogP contribution in [0.2, 0.25) is 0 Å². The van der Waals surface area contributed by atoms with Crippen LogP contribution in [0.3, 0.4) is 0 Å². The van der Waals surface area contributed by atoms with E-state index in [2.05, 4.69) is 13.0 Å². The molecule has 0 fully saturated rings. The molecule has 0 spiro atoms. The first-order valence-corrected chi connectivity index (χ1v) is 4.58. The van der Waals surface area contributed by atoms with Crippen molar-refractivity contribution in [3.8, 4) is 5.75 Å². The Balaban J connectivity index is 2.49. The van der Waals surface area contributed by atoms with E-state index < -0.39 is 0 Å². The molecule has 0 saturated carbocycles. The van der Waals surface area contributed by atoms with Crippen LogP contribution in [0.5, 0.6) is 5.75 Å². The van der Waals surface area contributed by atoms with Gasteiger partial charge in [0.2, 0.25) is 0 Å². The number of benzene rings is 1. The monoisotopic (exact) mass is 182 g/mol. The average molecular weight is 183 g/mol. The van der Waals surface area contributed by atoms with E-state index in [-0.39, 0.29) is 5.41 Å². The van der Waals surface area contributed by atoms with Crippen LogP contribution in [0.15, 0.2) is 24.3 Å². The fourth-order valence-corrected chi connectivity index (χ4v) is 1.74. The predicted octanol–water partition coefficient (Wildman–Crippen LogP) is 2.58. The minimum absolute atomic E-state index is 0.0121. The Morgan fingerprint density at radius 3 is 3.00 bits per heavy atom. The molecule has 2 heteroatoms. The van der Waals surface area contributed by atoms with Crippen molar-refractivity contribution in [3.63, 3.8) is 0 Å². The number of fused-ring (bicyclic) bond motifs is 1. The highest BCUT2D eigenvalue weighted by Crippen LogP contribution is 2.38. The first-order chi connectivity index (χ1) is 5.76. The summed E-state index contributed by atoms with van der Waals surface area (Å²) in [5, 5.41) is 0. The summed E-state index contributed by atoms with van der Waals surface area (Å²) in [4.78, 5) is 0. The smallest absolute Gasteiger partial charge is 0.123 e. The van der Waals surface area contributed by atoms with Gasteiger partial charge in [-0.1, -0.05) is 25.1 Å². The van der Waals surface area contributed by atoms with Gasteiger partial charge in [-0.2, -0.15) is 0 Å². The zero-order chi connectivity index (χ0) is 8.60. The minimum atomic E-state index is 0.0121. The largest absolute Gasteiger partial charge is 0.492 e. The van der Waals surface area contributed by atoms with E-state index in [4.69, 9.17) is 16.3 Å². The average Bonchev–Trinajstić information content (AvgIpc) is 2.46. The summed E-state index contributed by atoms with van der Waals surface area (Å²) >= 11 is 5.90. The fraction of sp³-hybridized carbons (Fsp3) is 0.400. The number of hydrogen-bond donors (Lipinski definition) is 0. The Bertz CT molecular complexity index is 298. The Hall–Kier alpha value is -0.690. The van der Waals surface area contributed by atoms with Gasteiger partial charge in [-0.3, -0.25) is 0 Å². The first kappa shape index (κ1) is 7.93. The van der Waals surface area contributed by atoms with Crippen molar-refractivity contribution in [2.75, 3.05) is 12.5 Å². The summed E-state index contributed by atoms with van der Waals surface area (Å²) < 4.78 is 5.52. The van der Waals surface area contributed by atoms with Crippen molar-refractivity contribution < 1.29 is 4.74 Å². The topological polar surface area (TPSA) is 9.23 Å². The molecule has 2 rings (SSSR count). The highest BCUT2D eigenvalue weighted by Gasteiger charge is 2.34. The van der Waals surface area contributed by atoms with Gasteiger partial charge in [0.05, 0.1) is 6.61 Å². The van der Waals surface area contributed by atoms with Crippen molar-refractivity contribution in [1.82, 2.24) is 0 Å². The van der Waals surface area contributed by atoms with Crippen LogP contribution in [0.4, 0.5) is 0 Å². The lowest BCUT2D eigenvalue weighted by Gasteiger charge is -2.18. The molecule has 12 heavy (non-hydrogen) atoms. The molecule has 0 saturated heterocycles. The third-order valence-corrected chi connectivity index (χ3v) is 2.97. The third kappa shape index (κ3) is 1.00. The summed E-state index contributed by atoms with van der Waals surface area (Å²) in [7, 11) is 0. The Morgan fingerprint density at radius 2 is 2.25 bits per heavy atom.